The van der Waals surface area contributed by atoms with E-state index in [-0.39, 0.29) is 36.6 Å². The number of anilines is 1. The number of hydrogen-bond acceptors (Lipinski definition) is 4. The first-order valence-electron chi connectivity index (χ1n) is 8.85. The molecular formula is C18H22ClF3IN5S. The molecular weight excluding hydrogens is 538 g/mol. The summed E-state index contributed by atoms with van der Waals surface area (Å²) in [6, 6.07) is 7.89. The smallest absolute Gasteiger partial charge is 0.368 e. The number of aromatic nitrogens is 1. The van der Waals surface area contributed by atoms with Crippen molar-refractivity contribution in [2.75, 3.05) is 25.0 Å². The molecule has 0 bridgehead atoms. The molecule has 0 amide bonds. The lowest BCUT2D eigenvalue weighted by molar-refractivity contribution is -0.140. The summed E-state index contributed by atoms with van der Waals surface area (Å²) in [4.78, 5) is 10.0. The summed E-state index contributed by atoms with van der Waals surface area (Å²) in [5.74, 6) is 0.537. The van der Waals surface area contributed by atoms with Gasteiger partial charge in [-0.15, -0.1) is 35.3 Å². The average molecular weight is 560 g/mol. The number of guanidine groups is 1. The van der Waals surface area contributed by atoms with Gasteiger partial charge < -0.3 is 15.5 Å². The van der Waals surface area contributed by atoms with E-state index >= 15 is 0 Å². The molecule has 1 unspecified atom stereocenters. The summed E-state index contributed by atoms with van der Waals surface area (Å²) in [5, 5.41) is 8.48. The van der Waals surface area contributed by atoms with Gasteiger partial charge in [0.15, 0.2) is 11.7 Å². The van der Waals surface area contributed by atoms with Gasteiger partial charge in [0.2, 0.25) is 0 Å². The van der Waals surface area contributed by atoms with E-state index in [1.165, 1.54) is 0 Å². The molecule has 29 heavy (non-hydrogen) atoms. The van der Waals surface area contributed by atoms with Crippen molar-refractivity contribution in [3.05, 3.63) is 45.4 Å². The normalized spacial score (nSPS) is 17.6. The van der Waals surface area contributed by atoms with Crippen molar-refractivity contribution in [3.8, 4) is 0 Å². The number of hydrogen-bond donors (Lipinski definition) is 2. The van der Waals surface area contributed by atoms with Crippen LogP contribution in [0, 0.1) is 0 Å². The first-order chi connectivity index (χ1) is 13.4. The lowest BCUT2D eigenvalue weighted by Gasteiger charge is -2.35. The van der Waals surface area contributed by atoms with Crippen LogP contribution in [0.2, 0.25) is 5.02 Å². The number of piperidine rings is 1. The van der Waals surface area contributed by atoms with Gasteiger partial charge in [-0.2, -0.15) is 13.2 Å². The van der Waals surface area contributed by atoms with Crippen molar-refractivity contribution in [2.45, 2.75) is 31.6 Å². The van der Waals surface area contributed by atoms with Crippen LogP contribution in [0.5, 0.6) is 0 Å². The van der Waals surface area contributed by atoms with Gasteiger partial charge in [-0.25, -0.2) is 4.98 Å². The van der Waals surface area contributed by atoms with E-state index in [1.54, 1.807) is 7.05 Å². The Bertz CT molecular complexity index is 830. The Hall–Kier alpha value is -1.27. The van der Waals surface area contributed by atoms with Gasteiger partial charge in [-0.3, -0.25) is 4.99 Å². The fourth-order valence-corrected chi connectivity index (χ4v) is 4.09. The van der Waals surface area contributed by atoms with E-state index in [4.69, 9.17) is 11.6 Å². The largest absolute Gasteiger partial charge is 0.434 e. The van der Waals surface area contributed by atoms with Gasteiger partial charge in [0.05, 0.1) is 17.3 Å². The third-order valence-corrected chi connectivity index (χ3v) is 5.60. The number of aliphatic imine (C=N–C) groups is 1. The van der Waals surface area contributed by atoms with E-state index in [1.807, 2.05) is 24.3 Å². The Morgan fingerprint density at radius 1 is 1.38 bits per heavy atom. The molecule has 11 heteroatoms. The van der Waals surface area contributed by atoms with Crippen LogP contribution in [0.25, 0.3) is 0 Å². The number of rotatable bonds is 4. The van der Waals surface area contributed by atoms with Crippen molar-refractivity contribution in [1.82, 2.24) is 15.6 Å². The molecule has 1 aliphatic rings. The first-order valence-corrected chi connectivity index (χ1v) is 10.1. The third-order valence-electron chi connectivity index (χ3n) is 4.43. The van der Waals surface area contributed by atoms with Crippen LogP contribution >= 0.6 is 46.9 Å². The van der Waals surface area contributed by atoms with Crippen LogP contribution in [0.1, 0.15) is 23.5 Å². The minimum atomic E-state index is -4.42. The molecule has 1 aromatic carbocycles. The van der Waals surface area contributed by atoms with Crippen LogP contribution in [0.15, 0.2) is 34.6 Å². The maximum atomic E-state index is 12.7. The summed E-state index contributed by atoms with van der Waals surface area (Å²) < 4.78 is 38.0. The number of benzene rings is 1. The number of nitrogens with one attached hydrogen (secondary N) is 2. The highest BCUT2D eigenvalue weighted by Crippen LogP contribution is 2.30. The molecule has 1 aromatic heterocycles. The van der Waals surface area contributed by atoms with Crippen LogP contribution in [0.4, 0.5) is 18.9 Å². The van der Waals surface area contributed by atoms with E-state index < -0.39 is 11.9 Å². The minimum Gasteiger partial charge on any atom is -0.368 e. The van der Waals surface area contributed by atoms with E-state index in [0.29, 0.717) is 11.0 Å². The molecule has 0 radical (unpaired) electrons. The van der Waals surface area contributed by atoms with Crippen LogP contribution in [-0.2, 0) is 12.7 Å². The molecule has 2 heterocycles. The maximum absolute atomic E-state index is 12.7. The van der Waals surface area contributed by atoms with Crippen molar-refractivity contribution >= 4 is 58.6 Å². The molecule has 2 N–H and O–H groups in total. The lowest BCUT2D eigenvalue weighted by Crippen LogP contribution is -2.51. The summed E-state index contributed by atoms with van der Waals surface area (Å²) in [6.45, 7) is 1.87. The van der Waals surface area contributed by atoms with Crippen molar-refractivity contribution in [1.29, 1.82) is 0 Å². The number of alkyl halides is 3. The Kier molecular flexibility index (Phi) is 8.83. The number of thiazole rings is 1. The number of nitrogens with zero attached hydrogens (tertiary/aromatic N) is 3. The second-order valence-electron chi connectivity index (χ2n) is 6.43. The fraction of sp³-hybridized carbons (Fsp3) is 0.444. The topological polar surface area (TPSA) is 52.6 Å². The second-order valence-corrected chi connectivity index (χ2v) is 7.78. The molecule has 1 aliphatic heterocycles. The van der Waals surface area contributed by atoms with Crippen LogP contribution < -0.4 is 15.5 Å². The van der Waals surface area contributed by atoms with E-state index in [0.717, 1.165) is 53.4 Å². The van der Waals surface area contributed by atoms with Gasteiger partial charge in [0, 0.05) is 31.6 Å². The number of para-hydroxylation sites is 1. The van der Waals surface area contributed by atoms with Gasteiger partial charge >= 0.3 is 6.18 Å². The molecule has 1 saturated heterocycles. The Balaban J connectivity index is 0.00000300. The van der Waals surface area contributed by atoms with Crippen LogP contribution in [-0.4, -0.2) is 37.1 Å². The van der Waals surface area contributed by atoms with Crippen molar-refractivity contribution in [3.63, 3.8) is 0 Å². The summed E-state index contributed by atoms with van der Waals surface area (Å²) in [6.07, 6.45) is -2.45. The highest BCUT2D eigenvalue weighted by Gasteiger charge is 2.33. The van der Waals surface area contributed by atoms with Crippen molar-refractivity contribution < 1.29 is 13.2 Å². The molecule has 160 valence electrons. The molecule has 1 atom stereocenters. The zero-order valence-electron chi connectivity index (χ0n) is 15.7. The predicted molar refractivity (Wildman–Crippen MR) is 123 cm³/mol. The molecule has 1 fully saturated rings. The fourth-order valence-electron chi connectivity index (χ4n) is 3.09. The summed E-state index contributed by atoms with van der Waals surface area (Å²) in [5.41, 5.74) is 0.140. The Morgan fingerprint density at radius 2 is 2.14 bits per heavy atom. The number of halogens is 5. The highest BCUT2D eigenvalue weighted by molar-refractivity contribution is 14.0. The molecule has 0 spiro atoms. The Labute approximate surface area is 193 Å². The second kappa shape index (κ2) is 10.7. The Morgan fingerprint density at radius 3 is 2.79 bits per heavy atom. The van der Waals surface area contributed by atoms with Crippen molar-refractivity contribution in [2.24, 2.45) is 4.99 Å². The van der Waals surface area contributed by atoms with Gasteiger partial charge in [0.25, 0.3) is 0 Å². The standard InChI is InChI=1S/C18H21ClF3N5S.HI/c1-23-17(24-9-16-26-15(11-28-16)18(20,21)22)25-12-5-4-8-27(10-12)14-7-3-2-6-13(14)19;/h2-3,6-7,11-12H,4-5,8-10H2,1H3,(H2,23,24,25);1H. The predicted octanol–water partition coefficient (Wildman–Crippen LogP) is 4.77. The minimum absolute atomic E-state index is 0. The quantitative estimate of drug-likeness (QED) is 0.322. The highest BCUT2D eigenvalue weighted by atomic mass is 127. The zero-order valence-corrected chi connectivity index (χ0v) is 19.6. The molecule has 5 nitrogen and oxygen atoms in total. The van der Waals surface area contributed by atoms with E-state index in [9.17, 15) is 13.2 Å². The zero-order chi connectivity index (χ0) is 20.1. The molecule has 0 saturated carbocycles. The molecule has 3 rings (SSSR count). The molecule has 0 aliphatic carbocycles. The first kappa shape index (κ1) is 24.0. The maximum Gasteiger partial charge on any atom is 0.434 e. The molecule has 2 aromatic rings. The van der Waals surface area contributed by atoms with Gasteiger partial charge in [-0.05, 0) is 25.0 Å². The summed E-state index contributed by atoms with van der Waals surface area (Å²) >= 11 is 7.28. The monoisotopic (exact) mass is 559 g/mol. The van der Waals surface area contributed by atoms with E-state index in [2.05, 4.69) is 25.5 Å². The van der Waals surface area contributed by atoms with Crippen LogP contribution in [0.3, 0.4) is 0 Å². The summed E-state index contributed by atoms with van der Waals surface area (Å²) in [7, 11) is 1.63. The SMILES string of the molecule is CN=C(NCc1nc(C(F)(F)F)cs1)NC1CCCN(c2ccccc2Cl)C1.I. The third kappa shape index (κ3) is 6.61. The van der Waals surface area contributed by atoms with Gasteiger partial charge in [-0.1, -0.05) is 23.7 Å². The lowest BCUT2D eigenvalue weighted by atomic mass is 10.0. The van der Waals surface area contributed by atoms with Gasteiger partial charge in [0.1, 0.15) is 5.01 Å². The average Bonchev–Trinajstić information content (AvgIpc) is 3.15.